The van der Waals surface area contributed by atoms with Crippen molar-refractivity contribution in [3.05, 3.63) is 23.5 Å². The van der Waals surface area contributed by atoms with E-state index in [0.717, 1.165) is 6.42 Å². The van der Waals surface area contributed by atoms with E-state index in [9.17, 15) is 4.39 Å². The molecule has 3 atom stereocenters. The number of ether oxygens (including phenoxy) is 2. The molecule has 2 rings (SSSR count). The van der Waals surface area contributed by atoms with Crippen LogP contribution in [0.5, 0.6) is 11.5 Å². The lowest BCUT2D eigenvalue weighted by Gasteiger charge is -2.16. The summed E-state index contributed by atoms with van der Waals surface area (Å²) in [6, 6.07) is 2.72. The molecule has 0 radical (unpaired) electrons. The molecule has 17 heavy (non-hydrogen) atoms. The highest BCUT2D eigenvalue weighted by Crippen LogP contribution is 2.47. The number of rotatable bonds is 4. The van der Waals surface area contributed by atoms with Crippen LogP contribution in [-0.2, 0) is 0 Å². The topological polar surface area (TPSA) is 44.5 Å². The van der Waals surface area contributed by atoms with Crippen molar-refractivity contribution in [3.8, 4) is 11.5 Å². The maximum atomic E-state index is 13.9. The van der Waals surface area contributed by atoms with Crippen LogP contribution in [0.2, 0.25) is 0 Å². The van der Waals surface area contributed by atoms with Crippen LogP contribution < -0.4 is 15.2 Å². The number of nitrogens with two attached hydrogens (primary N) is 1. The minimum atomic E-state index is -0.325. The molecule has 0 aromatic heterocycles. The number of hydrogen-bond donors (Lipinski definition) is 1. The largest absolute Gasteiger partial charge is 0.493 e. The van der Waals surface area contributed by atoms with E-state index in [2.05, 4.69) is 6.92 Å². The molecule has 1 aliphatic rings. The second-order valence-corrected chi connectivity index (χ2v) is 4.63. The molecule has 0 spiro atoms. The third-order valence-electron chi connectivity index (χ3n) is 3.49. The molecule has 0 bridgehead atoms. The van der Waals surface area contributed by atoms with E-state index in [1.54, 1.807) is 6.07 Å². The van der Waals surface area contributed by atoms with E-state index in [1.165, 1.54) is 20.3 Å². The van der Waals surface area contributed by atoms with Gasteiger partial charge in [0.25, 0.3) is 0 Å². The highest BCUT2D eigenvalue weighted by atomic mass is 19.1. The summed E-state index contributed by atoms with van der Waals surface area (Å²) >= 11 is 0. The van der Waals surface area contributed by atoms with Crippen LogP contribution in [0.25, 0.3) is 0 Å². The molecule has 1 aliphatic carbocycles. The summed E-state index contributed by atoms with van der Waals surface area (Å²) in [5.41, 5.74) is 6.58. The lowest BCUT2D eigenvalue weighted by atomic mass is 10.0. The monoisotopic (exact) mass is 239 g/mol. The molecule has 1 aromatic carbocycles. The van der Waals surface area contributed by atoms with Crippen LogP contribution in [0, 0.1) is 17.7 Å². The van der Waals surface area contributed by atoms with Crippen molar-refractivity contribution < 1.29 is 13.9 Å². The molecule has 3 nitrogen and oxygen atoms in total. The number of hydrogen-bond acceptors (Lipinski definition) is 3. The maximum Gasteiger partial charge on any atom is 0.163 e. The molecule has 0 heterocycles. The third-order valence-corrected chi connectivity index (χ3v) is 3.49. The summed E-state index contributed by atoms with van der Waals surface area (Å²) in [6.45, 7) is 2.13. The number of halogens is 1. The Balaban J connectivity index is 2.33. The molecule has 3 unspecified atom stereocenters. The normalized spacial score (nSPS) is 24.3. The summed E-state index contributed by atoms with van der Waals surface area (Å²) in [7, 11) is 3.02. The lowest BCUT2D eigenvalue weighted by Crippen LogP contribution is -2.15. The first-order valence-corrected chi connectivity index (χ1v) is 5.75. The Morgan fingerprint density at radius 3 is 2.29 bits per heavy atom. The number of methoxy groups -OCH3 is 2. The van der Waals surface area contributed by atoms with E-state index >= 15 is 0 Å². The number of benzene rings is 1. The predicted octanol–water partition coefficient (Wildman–Crippen LogP) is 2.50. The van der Waals surface area contributed by atoms with Crippen molar-refractivity contribution in [3.63, 3.8) is 0 Å². The van der Waals surface area contributed by atoms with Gasteiger partial charge in [0.15, 0.2) is 11.5 Å². The molecule has 1 aromatic rings. The highest BCUT2D eigenvalue weighted by molar-refractivity contribution is 5.45. The molecule has 94 valence electrons. The van der Waals surface area contributed by atoms with Gasteiger partial charge in [-0.25, -0.2) is 4.39 Å². The van der Waals surface area contributed by atoms with Gasteiger partial charge < -0.3 is 15.2 Å². The fraction of sp³-hybridized carbons (Fsp3) is 0.538. The molecule has 4 heteroatoms. The van der Waals surface area contributed by atoms with Crippen LogP contribution >= 0.6 is 0 Å². The maximum absolute atomic E-state index is 13.9. The van der Waals surface area contributed by atoms with Crippen LogP contribution in [0.3, 0.4) is 0 Å². The molecule has 0 aliphatic heterocycles. The minimum absolute atomic E-state index is 0.259. The summed E-state index contributed by atoms with van der Waals surface area (Å²) < 4.78 is 24.1. The van der Waals surface area contributed by atoms with Gasteiger partial charge in [0.2, 0.25) is 0 Å². The van der Waals surface area contributed by atoms with Gasteiger partial charge in [-0.15, -0.1) is 0 Å². The van der Waals surface area contributed by atoms with Gasteiger partial charge in [-0.05, 0) is 24.3 Å². The quantitative estimate of drug-likeness (QED) is 0.878. The fourth-order valence-electron chi connectivity index (χ4n) is 2.21. The van der Waals surface area contributed by atoms with Gasteiger partial charge in [-0.1, -0.05) is 6.92 Å². The van der Waals surface area contributed by atoms with Gasteiger partial charge in [-0.3, -0.25) is 0 Å². The molecular formula is C13H18FNO2. The predicted molar refractivity (Wildman–Crippen MR) is 63.7 cm³/mol. The van der Waals surface area contributed by atoms with Gasteiger partial charge >= 0.3 is 0 Å². The average Bonchev–Trinajstić information content (AvgIpc) is 3.05. The van der Waals surface area contributed by atoms with Crippen molar-refractivity contribution in [1.82, 2.24) is 0 Å². The molecule has 0 amide bonds. The zero-order valence-corrected chi connectivity index (χ0v) is 10.4. The summed E-state index contributed by atoms with van der Waals surface area (Å²) in [5.74, 6) is 1.55. The molecular weight excluding hydrogens is 221 g/mol. The van der Waals surface area contributed by atoms with Gasteiger partial charge in [0.05, 0.1) is 14.2 Å². The zero-order valence-electron chi connectivity index (χ0n) is 10.4. The lowest BCUT2D eigenvalue weighted by molar-refractivity contribution is 0.350. The first-order chi connectivity index (χ1) is 8.08. The van der Waals surface area contributed by atoms with Crippen LogP contribution in [-0.4, -0.2) is 14.2 Å². The van der Waals surface area contributed by atoms with E-state index in [0.29, 0.717) is 28.9 Å². The van der Waals surface area contributed by atoms with Crippen LogP contribution in [0.1, 0.15) is 24.9 Å². The van der Waals surface area contributed by atoms with Crippen molar-refractivity contribution in [2.45, 2.75) is 19.4 Å². The van der Waals surface area contributed by atoms with E-state index < -0.39 is 0 Å². The second kappa shape index (κ2) is 4.53. The standard InChI is InChI=1S/C13H18FNO2/c1-7-4-8(7)13(15)9-5-11(16-2)12(17-3)6-10(9)14/h5-8,13H,4,15H2,1-3H3. The minimum Gasteiger partial charge on any atom is -0.493 e. The van der Waals surface area contributed by atoms with Crippen molar-refractivity contribution in [1.29, 1.82) is 0 Å². The molecule has 0 saturated heterocycles. The average molecular weight is 239 g/mol. The first kappa shape index (κ1) is 12.2. The highest BCUT2D eigenvalue weighted by Gasteiger charge is 2.39. The Morgan fingerprint density at radius 2 is 1.82 bits per heavy atom. The second-order valence-electron chi connectivity index (χ2n) is 4.63. The Morgan fingerprint density at radius 1 is 1.29 bits per heavy atom. The Hall–Kier alpha value is -1.29. The summed E-state index contributed by atoms with van der Waals surface area (Å²) in [5, 5.41) is 0. The zero-order chi connectivity index (χ0) is 12.6. The Kier molecular flexibility index (Phi) is 3.24. The smallest absolute Gasteiger partial charge is 0.163 e. The van der Waals surface area contributed by atoms with Gasteiger partial charge in [0, 0.05) is 17.7 Å². The van der Waals surface area contributed by atoms with Crippen LogP contribution in [0.15, 0.2) is 12.1 Å². The summed E-state index contributed by atoms with van der Waals surface area (Å²) in [4.78, 5) is 0. The fourth-order valence-corrected chi connectivity index (χ4v) is 2.21. The summed E-state index contributed by atoms with van der Waals surface area (Å²) in [6.07, 6.45) is 1.06. The third kappa shape index (κ3) is 2.22. The van der Waals surface area contributed by atoms with E-state index in [1.807, 2.05) is 0 Å². The Labute approximate surface area is 101 Å². The van der Waals surface area contributed by atoms with Crippen molar-refractivity contribution in [2.24, 2.45) is 17.6 Å². The van der Waals surface area contributed by atoms with Crippen molar-refractivity contribution in [2.75, 3.05) is 14.2 Å². The van der Waals surface area contributed by atoms with Gasteiger partial charge in [-0.2, -0.15) is 0 Å². The molecule has 1 saturated carbocycles. The van der Waals surface area contributed by atoms with E-state index in [4.69, 9.17) is 15.2 Å². The molecule has 1 fully saturated rings. The molecule has 2 N–H and O–H groups in total. The SMILES string of the molecule is COc1cc(F)c(C(N)C2CC2C)cc1OC. The van der Waals surface area contributed by atoms with Gasteiger partial charge in [0.1, 0.15) is 5.82 Å². The first-order valence-electron chi connectivity index (χ1n) is 5.75. The van der Waals surface area contributed by atoms with E-state index in [-0.39, 0.29) is 11.9 Å². The van der Waals surface area contributed by atoms with Crippen molar-refractivity contribution >= 4 is 0 Å². The van der Waals surface area contributed by atoms with Crippen LogP contribution in [0.4, 0.5) is 4.39 Å². The Bertz CT molecular complexity index is 422.